The molecule has 0 saturated heterocycles. The van der Waals surface area contributed by atoms with Gasteiger partial charge in [0.25, 0.3) is 5.69 Å². The zero-order valence-electron chi connectivity index (χ0n) is 10.2. The summed E-state index contributed by atoms with van der Waals surface area (Å²) < 4.78 is 26.8. The zero-order valence-corrected chi connectivity index (χ0v) is 10.2. The number of nitro groups is 1. The Morgan fingerprint density at radius 3 is 2.79 bits per heavy atom. The van der Waals surface area contributed by atoms with Crippen molar-refractivity contribution >= 4 is 11.4 Å². The first kappa shape index (κ1) is 13.5. The van der Waals surface area contributed by atoms with Crippen molar-refractivity contribution in [2.45, 2.75) is 19.3 Å². The maximum absolute atomic E-state index is 13.6. The van der Waals surface area contributed by atoms with Gasteiger partial charge in [-0.2, -0.15) is 0 Å². The second-order valence-corrected chi connectivity index (χ2v) is 4.54. The lowest BCUT2D eigenvalue weighted by molar-refractivity contribution is -0.384. The van der Waals surface area contributed by atoms with E-state index in [-0.39, 0.29) is 11.6 Å². The Morgan fingerprint density at radius 2 is 2.16 bits per heavy atom. The van der Waals surface area contributed by atoms with Crippen molar-refractivity contribution in [1.29, 1.82) is 0 Å². The van der Waals surface area contributed by atoms with Gasteiger partial charge in [-0.15, -0.1) is 0 Å². The number of nitrogens with zero attached hydrogens (tertiary/aromatic N) is 1. The van der Waals surface area contributed by atoms with Crippen LogP contribution in [0.3, 0.4) is 0 Å². The smallest absolute Gasteiger partial charge is 0.295 e. The minimum absolute atomic E-state index is 0.285. The Labute approximate surface area is 109 Å². The highest BCUT2D eigenvalue weighted by Crippen LogP contribution is 2.30. The Balaban J connectivity index is 2.16. The number of halogens is 2. The summed E-state index contributed by atoms with van der Waals surface area (Å²) in [5.74, 6) is -2.00. The van der Waals surface area contributed by atoms with Gasteiger partial charge >= 0.3 is 0 Å². The van der Waals surface area contributed by atoms with Gasteiger partial charge in [-0.05, 0) is 31.2 Å². The van der Waals surface area contributed by atoms with Crippen LogP contribution in [0.25, 0.3) is 0 Å². The number of allylic oxidation sites excluding steroid dienone is 2. The highest BCUT2D eigenvalue weighted by Gasteiger charge is 2.22. The maximum atomic E-state index is 13.6. The van der Waals surface area contributed by atoms with E-state index in [1.165, 1.54) is 0 Å². The third-order valence-corrected chi connectivity index (χ3v) is 3.21. The molecule has 102 valence electrons. The van der Waals surface area contributed by atoms with E-state index in [0.29, 0.717) is 6.54 Å². The molecule has 0 amide bonds. The SMILES string of the molecule is O=[N+]([O-])c1ccc(F)c(F)c1NCC1CC=CCC1. The number of nitrogens with one attached hydrogen (secondary N) is 1. The standard InChI is InChI=1S/C13H14F2N2O2/c14-10-6-7-11(17(18)19)13(12(10)15)16-8-9-4-2-1-3-5-9/h1-2,6-7,9,16H,3-5,8H2. The molecule has 1 aliphatic carbocycles. The van der Waals surface area contributed by atoms with Crippen LogP contribution in [0.1, 0.15) is 19.3 Å². The van der Waals surface area contributed by atoms with Crippen molar-refractivity contribution in [3.63, 3.8) is 0 Å². The molecule has 1 aromatic rings. The van der Waals surface area contributed by atoms with Crippen LogP contribution in [0.2, 0.25) is 0 Å². The minimum Gasteiger partial charge on any atom is -0.377 e. The maximum Gasteiger partial charge on any atom is 0.295 e. The van der Waals surface area contributed by atoms with Crippen LogP contribution < -0.4 is 5.32 Å². The van der Waals surface area contributed by atoms with Gasteiger partial charge < -0.3 is 5.32 Å². The van der Waals surface area contributed by atoms with Gasteiger partial charge in [0, 0.05) is 12.6 Å². The summed E-state index contributed by atoms with van der Waals surface area (Å²) >= 11 is 0. The molecule has 0 spiro atoms. The van der Waals surface area contributed by atoms with E-state index in [9.17, 15) is 18.9 Å². The molecule has 0 fully saturated rings. The predicted molar refractivity (Wildman–Crippen MR) is 68.0 cm³/mol. The Bertz CT molecular complexity index is 518. The van der Waals surface area contributed by atoms with E-state index in [4.69, 9.17) is 0 Å². The third-order valence-electron chi connectivity index (χ3n) is 3.21. The van der Waals surface area contributed by atoms with Crippen molar-refractivity contribution in [2.24, 2.45) is 5.92 Å². The molecule has 4 nitrogen and oxygen atoms in total. The predicted octanol–water partition coefficient (Wildman–Crippen LogP) is 3.64. The lowest BCUT2D eigenvalue weighted by atomic mass is 9.94. The number of rotatable bonds is 4. The molecule has 0 heterocycles. The van der Waals surface area contributed by atoms with Gasteiger partial charge in [0.1, 0.15) is 0 Å². The molecule has 19 heavy (non-hydrogen) atoms. The molecule has 0 radical (unpaired) electrons. The van der Waals surface area contributed by atoms with Crippen LogP contribution in [-0.2, 0) is 0 Å². The fraction of sp³-hybridized carbons (Fsp3) is 0.385. The molecule has 0 saturated carbocycles. The summed E-state index contributed by atoms with van der Waals surface area (Å²) in [5, 5.41) is 13.5. The van der Waals surface area contributed by atoms with Gasteiger partial charge in [0.2, 0.25) is 0 Å². The summed E-state index contributed by atoms with van der Waals surface area (Å²) in [6, 6.07) is 1.74. The molecular weight excluding hydrogens is 254 g/mol. The van der Waals surface area contributed by atoms with Gasteiger partial charge in [-0.25, -0.2) is 8.78 Å². The minimum atomic E-state index is -1.19. The molecule has 1 atom stereocenters. The quantitative estimate of drug-likeness (QED) is 0.515. The highest BCUT2D eigenvalue weighted by atomic mass is 19.2. The Morgan fingerprint density at radius 1 is 1.37 bits per heavy atom. The average Bonchev–Trinajstić information content (AvgIpc) is 2.41. The van der Waals surface area contributed by atoms with E-state index in [2.05, 4.69) is 11.4 Å². The fourth-order valence-electron chi connectivity index (χ4n) is 2.15. The van der Waals surface area contributed by atoms with Gasteiger partial charge in [-0.3, -0.25) is 10.1 Å². The van der Waals surface area contributed by atoms with Crippen molar-refractivity contribution in [1.82, 2.24) is 0 Å². The first-order valence-corrected chi connectivity index (χ1v) is 6.11. The molecule has 0 aliphatic heterocycles. The highest BCUT2D eigenvalue weighted by molar-refractivity contribution is 5.62. The average molecular weight is 268 g/mol. The Hall–Kier alpha value is -1.98. The summed E-state index contributed by atoms with van der Waals surface area (Å²) in [6.07, 6.45) is 6.83. The van der Waals surface area contributed by atoms with Crippen LogP contribution in [0.4, 0.5) is 20.2 Å². The van der Waals surface area contributed by atoms with Crippen molar-refractivity contribution < 1.29 is 13.7 Å². The van der Waals surface area contributed by atoms with Crippen molar-refractivity contribution in [3.8, 4) is 0 Å². The number of benzene rings is 1. The molecule has 6 heteroatoms. The number of hydrogen-bond donors (Lipinski definition) is 1. The molecular formula is C13H14F2N2O2. The number of hydrogen-bond acceptors (Lipinski definition) is 3. The summed E-state index contributed by atoms with van der Waals surface area (Å²) in [7, 11) is 0. The van der Waals surface area contributed by atoms with E-state index in [1.54, 1.807) is 0 Å². The van der Waals surface area contributed by atoms with Crippen LogP contribution in [0.15, 0.2) is 24.3 Å². The molecule has 1 N–H and O–H groups in total. The van der Waals surface area contributed by atoms with E-state index in [0.717, 1.165) is 31.4 Å². The summed E-state index contributed by atoms with van der Waals surface area (Å²) in [6.45, 7) is 0.394. The van der Waals surface area contributed by atoms with Gasteiger partial charge in [0.15, 0.2) is 17.3 Å². The second-order valence-electron chi connectivity index (χ2n) is 4.54. The first-order chi connectivity index (χ1) is 9.09. The van der Waals surface area contributed by atoms with Crippen molar-refractivity contribution in [2.75, 3.05) is 11.9 Å². The Kier molecular flexibility index (Phi) is 4.09. The van der Waals surface area contributed by atoms with Gasteiger partial charge in [0.05, 0.1) is 4.92 Å². The first-order valence-electron chi connectivity index (χ1n) is 6.11. The van der Waals surface area contributed by atoms with Gasteiger partial charge in [-0.1, -0.05) is 12.2 Å². The molecule has 0 bridgehead atoms. The van der Waals surface area contributed by atoms with Crippen LogP contribution in [0.5, 0.6) is 0 Å². The van der Waals surface area contributed by atoms with Crippen LogP contribution in [-0.4, -0.2) is 11.5 Å². The largest absolute Gasteiger partial charge is 0.377 e. The van der Waals surface area contributed by atoms with Crippen LogP contribution in [0, 0.1) is 27.7 Å². The normalized spacial score (nSPS) is 18.3. The van der Waals surface area contributed by atoms with E-state index < -0.39 is 22.2 Å². The lowest BCUT2D eigenvalue weighted by Gasteiger charge is -2.19. The molecule has 2 rings (SSSR count). The third kappa shape index (κ3) is 3.07. The summed E-state index contributed by atoms with van der Waals surface area (Å²) in [4.78, 5) is 10.1. The van der Waals surface area contributed by atoms with Crippen molar-refractivity contribution in [3.05, 3.63) is 46.0 Å². The molecule has 1 aromatic carbocycles. The summed E-state index contributed by atoms with van der Waals surface area (Å²) in [5.41, 5.74) is -0.801. The number of nitro benzene ring substituents is 1. The molecule has 0 aromatic heterocycles. The fourth-order valence-corrected chi connectivity index (χ4v) is 2.15. The second kappa shape index (κ2) is 5.77. The lowest BCUT2D eigenvalue weighted by Crippen LogP contribution is -2.17. The number of anilines is 1. The van der Waals surface area contributed by atoms with E-state index in [1.807, 2.05) is 6.08 Å². The van der Waals surface area contributed by atoms with E-state index >= 15 is 0 Å². The zero-order chi connectivity index (χ0) is 13.8. The molecule has 1 aliphatic rings. The molecule has 1 unspecified atom stereocenters. The monoisotopic (exact) mass is 268 g/mol. The topological polar surface area (TPSA) is 55.2 Å². The van der Waals surface area contributed by atoms with Crippen LogP contribution >= 0.6 is 0 Å².